The minimum Gasteiger partial charge on any atom is -0.323 e. The lowest BCUT2D eigenvalue weighted by atomic mass is 10.2. The van der Waals surface area contributed by atoms with Gasteiger partial charge in [-0.25, -0.2) is 23.7 Å². The Labute approximate surface area is 131 Å². The summed E-state index contributed by atoms with van der Waals surface area (Å²) in [4.78, 5) is 12.8. The Bertz CT molecular complexity index is 855. The maximum atomic E-state index is 13.9. The van der Waals surface area contributed by atoms with E-state index in [4.69, 9.17) is 0 Å². The number of nitrogens with zero attached hydrogens (tertiary/aromatic N) is 4. The Morgan fingerprint density at radius 3 is 2.78 bits per heavy atom. The third-order valence-electron chi connectivity index (χ3n) is 4.22. The van der Waals surface area contributed by atoms with Gasteiger partial charge in [0.2, 0.25) is 5.95 Å². The summed E-state index contributed by atoms with van der Waals surface area (Å²) in [6, 6.07) is 3.72. The zero-order valence-corrected chi connectivity index (χ0v) is 12.3. The quantitative estimate of drug-likeness (QED) is 0.795. The number of imidazole rings is 1. The van der Waals surface area contributed by atoms with Crippen LogP contribution in [0.2, 0.25) is 0 Å². The van der Waals surface area contributed by atoms with E-state index in [1.54, 1.807) is 6.20 Å². The summed E-state index contributed by atoms with van der Waals surface area (Å²) in [5.41, 5.74) is 1.58. The normalized spacial score (nSPS) is 15.4. The second-order valence-corrected chi connectivity index (χ2v) is 5.72. The number of benzene rings is 1. The summed E-state index contributed by atoms with van der Waals surface area (Å²) >= 11 is 0. The number of hydrogen-bond donors (Lipinski definition) is 1. The fourth-order valence-corrected chi connectivity index (χ4v) is 3.16. The molecule has 0 bridgehead atoms. The summed E-state index contributed by atoms with van der Waals surface area (Å²) in [6.07, 6.45) is 7.50. The van der Waals surface area contributed by atoms with Crippen LogP contribution in [0.3, 0.4) is 0 Å². The van der Waals surface area contributed by atoms with Gasteiger partial charge in [-0.15, -0.1) is 0 Å². The van der Waals surface area contributed by atoms with Crippen LogP contribution in [0.4, 0.5) is 20.4 Å². The molecule has 1 aliphatic carbocycles. The molecule has 2 heterocycles. The minimum atomic E-state index is -0.652. The summed E-state index contributed by atoms with van der Waals surface area (Å²) in [6.45, 7) is 0. The molecule has 1 aromatic carbocycles. The van der Waals surface area contributed by atoms with Crippen molar-refractivity contribution in [3.05, 3.63) is 42.4 Å². The second-order valence-electron chi connectivity index (χ2n) is 5.72. The number of nitrogens with one attached hydrogen (secondary N) is 1. The number of hydrogen-bond acceptors (Lipinski definition) is 4. The van der Waals surface area contributed by atoms with Crippen LogP contribution in [-0.2, 0) is 0 Å². The minimum absolute atomic E-state index is 0.189. The Morgan fingerprint density at radius 2 is 2.00 bits per heavy atom. The third kappa shape index (κ3) is 2.52. The van der Waals surface area contributed by atoms with Crippen molar-refractivity contribution < 1.29 is 8.78 Å². The lowest BCUT2D eigenvalue weighted by Gasteiger charge is -2.16. The summed E-state index contributed by atoms with van der Waals surface area (Å²) < 4.78 is 29.0. The molecule has 0 aliphatic heterocycles. The molecule has 0 amide bonds. The zero-order valence-electron chi connectivity index (χ0n) is 12.3. The van der Waals surface area contributed by atoms with Gasteiger partial charge in [-0.1, -0.05) is 12.8 Å². The van der Waals surface area contributed by atoms with Gasteiger partial charge in [0.1, 0.15) is 23.5 Å². The molecule has 1 N–H and O–H groups in total. The van der Waals surface area contributed by atoms with Crippen molar-refractivity contribution in [1.29, 1.82) is 0 Å². The molecule has 1 saturated carbocycles. The molecule has 0 spiro atoms. The molecule has 5 nitrogen and oxygen atoms in total. The van der Waals surface area contributed by atoms with E-state index in [1.165, 1.54) is 18.5 Å². The van der Waals surface area contributed by atoms with Crippen molar-refractivity contribution in [1.82, 2.24) is 19.5 Å². The van der Waals surface area contributed by atoms with Crippen molar-refractivity contribution in [3.8, 4) is 0 Å². The fourth-order valence-electron chi connectivity index (χ4n) is 3.16. The van der Waals surface area contributed by atoms with E-state index in [2.05, 4.69) is 20.3 Å². The maximum absolute atomic E-state index is 13.9. The van der Waals surface area contributed by atoms with Crippen molar-refractivity contribution >= 4 is 22.8 Å². The number of rotatable bonds is 3. The lowest BCUT2D eigenvalue weighted by Crippen LogP contribution is -2.10. The van der Waals surface area contributed by atoms with Crippen LogP contribution in [0.25, 0.3) is 11.2 Å². The van der Waals surface area contributed by atoms with Crippen LogP contribution in [0.1, 0.15) is 31.7 Å². The van der Waals surface area contributed by atoms with Crippen LogP contribution in [-0.4, -0.2) is 19.5 Å². The van der Waals surface area contributed by atoms with Gasteiger partial charge in [-0.05, 0) is 25.0 Å². The first-order chi connectivity index (χ1) is 11.2. The van der Waals surface area contributed by atoms with Crippen molar-refractivity contribution in [3.63, 3.8) is 0 Å². The third-order valence-corrected chi connectivity index (χ3v) is 4.22. The monoisotopic (exact) mass is 315 g/mol. The van der Waals surface area contributed by atoms with Crippen molar-refractivity contribution in [2.75, 3.05) is 5.32 Å². The molecule has 23 heavy (non-hydrogen) atoms. The van der Waals surface area contributed by atoms with E-state index >= 15 is 0 Å². The molecule has 3 aromatic rings. The van der Waals surface area contributed by atoms with Gasteiger partial charge in [-0.2, -0.15) is 0 Å². The van der Waals surface area contributed by atoms with E-state index in [9.17, 15) is 8.78 Å². The van der Waals surface area contributed by atoms with E-state index in [0.717, 1.165) is 37.4 Å². The molecule has 4 rings (SSSR count). The summed E-state index contributed by atoms with van der Waals surface area (Å²) in [5, 5.41) is 2.98. The van der Waals surface area contributed by atoms with E-state index in [-0.39, 0.29) is 11.7 Å². The molecule has 1 fully saturated rings. The highest BCUT2D eigenvalue weighted by Crippen LogP contribution is 2.35. The largest absolute Gasteiger partial charge is 0.323 e. The number of halogens is 2. The predicted molar refractivity (Wildman–Crippen MR) is 82.5 cm³/mol. The molecule has 7 heteroatoms. The van der Waals surface area contributed by atoms with E-state index < -0.39 is 11.6 Å². The highest BCUT2D eigenvalue weighted by atomic mass is 19.1. The highest BCUT2D eigenvalue weighted by molar-refractivity contribution is 5.75. The van der Waals surface area contributed by atoms with Gasteiger partial charge in [0, 0.05) is 12.1 Å². The topological polar surface area (TPSA) is 55.6 Å². The molecule has 0 unspecified atom stereocenters. The average molecular weight is 315 g/mol. The summed E-state index contributed by atoms with van der Waals surface area (Å²) in [7, 11) is 0. The Morgan fingerprint density at radius 1 is 1.17 bits per heavy atom. The molecule has 0 atom stereocenters. The zero-order chi connectivity index (χ0) is 15.8. The maximum Gasteiger partial charge on any atom is 0.210 e. The van der Waals surface area contributed by atoms with Crippen LogP contribution in [0.5, 0.6) is 0 Å². The molecule has 0 saturated heterocycles. The SMILES string of the molecule is Fc1ccc(Nc2nc3cncnc3n2C2CCCC2)c(F)c1. The first kappa shape index (κ1) is 14.0. The Balaban J connectivity index is 1.80. The smallest absolute Gasteiger partial charge is 0.210 e. The van der Waals surface area contributed by atoms with Gasteiger partial charge >= 0.3 is 0 Å². The van der Waals surface area contributed by atoms with Crippen LogP contribution < -0.4 is 5.32 Å². The van der Waals surface area contributed by atoms with Gasteiger partial charge in [0.05, 0.1) is 11.9 Å². The molecule has 118 valence electrons. The van der Waals surface area contributed by atoms with E-state index in [1.807, 2.05) is 4.57 Å². The number of aromatic nitrogens is 4. The van der Waals surface area contributed by atoms with E-state index in [0.29, 0.717) is 11.5 Å². The number of fused-ring (bicyclic) bond motifs is 1. The van der Waals surface area contributed by atoms with Gasteiger partial charge in [0.25, 0.3) is 0 Å². The fraction of sp³-hybridized carbons (Fsp3) is 0.312. The van der Waals surface area contributed by atoms with Crippen LogP contribution >= 0.6 is 0 Å². The van der Waals surface area contributed by atoms with Crippen molar-refractivity contribution in [2.45, 2.75) is 31.7 Å². The van der Waals surface area contributed by atoms with Gasteiger partial charge in [0.15, 0.2) is 5.65 Å². The molecule has 0 radical (unpaired) electrons. The molecular formula is C16H15F2N5. The van der Waals surface area contributed by atoms with Crippen molar-refractivity contribution in [2.24, 2.45) is 0 Å². The van der Waals surface area contributed by atoms with Crippen LogP contribution in [0.15, 0.2) is 30.7 Å². The van der Waals surface area contributed by atoms with Crippen LogP contribution in [0, 0.1) is 11.6 Å². The highest BCUT2D eigenvalue weighted by Gasteiger charge is 2.24. The van der Waals surface area contributed by atoms with Gasteiger partial charge < -0.3 is 5.32 Å². The Hall–Kier alpha value is -2.57. The molecule has 2 aromatic heterocycles. The Kier molecular flexibility index (Phi) is 3.40. The molecule has 1 aliphatic rings. The second kappa shape index (κ2) is 5.57. The lowest BCUT2D eigenvalue weighted by molar-refractivity contribution is 0.534. The predicted octanol–water partition coefficient (Wildman–Crippen LogP) is 3.96. The molecular weight excluding hydrogens is 300 g/mol. The first-order valence-electron chi connectivity index (χ1n) is 7.62. The standard InChI is InChI=1S/C16H15F2N5/c17-10-5-6-13(12(18)7-10)21-16-22-14-8-19-9-20-15(14)23(16)11-3-1-2-4-11/h5-9,11H,1-4H2,(H,21,22). The van der Waals surface area contributed by atoms with Gasteiger partial charge in [-0.3, -0.25) is 4.57 Å². The number of anilines is 2. The first-order valence-corrected chi connectivity index (χ1v) is 7.62. The average Bonchev–Trinajstić information content (AvgIpc) is 3.16. The summed E-state index contributed by atoms with van der Waals surface area (Å²) in [5.74, 6) is -0.748.